The minimum absolute atomic E-state index is 1.04. The first-order chi connectivity index (χ1) is 10.8. The molecule has 3 aliphatic carbocycles. The molecular weight excluding hydrogens is 264 g/mol. The molecule has 0 heterocycles. The lowest BCUT2D eigenvalue weighted by Crippen LogP contribution is -1.99. The van der Waals surface area contributed by atoms with Gasteiger partial charge in [-0.15, -0.1) is 0 Å². The van der Waals surface area contributed by atoms with Crippen LogP contribution in [0.5, 0.6) is 0 Å². The van der Waals surface area contributed by atoms with Crippen LogP contribution in [0.1, 0.15) is 129 Å². The summed E-state index contributed by atoms with van der Waals surface area (Å²) in [6.07, 6.45) is 26.9. The van der Waals surface area contributed by atoms with Gasteiger partial charge in [-0.2, -0.15) is 0 Å². The third-order valence-corrected chi connectivity index (χ3v) is 5.79. The fraction of sp³-hybridized carbons (Fsp3) is 1.00. The highest BCUT2D eigenvalue weighted by Crippen LogP contribution is 2.22. The van der Waals surface area contributed by atoms with Crippen LogP contribution in [0.2, 0.25) is 0 Å². The van der Waals surface area contributed by atoms with Crippen molar-refractivity contribution < 1.29 is 0 Å². The molecule has 3 fully saturated rings. The molecule has 132 valence electrons. The first-order valence-corrected chi connectivity index (χ1v) is 10.8. The summed E-state index contributed by atoms with van der Waals surface area (Å²) in [7, 11) is 0. The lowest BCUT2D eigenvalue weighted by Gasteiger charge is -2.15. The SMILES string of the molecule is C1CCCCCCC1.CC1CCCCC1.CC1CCCCC1. The smallest absolute Gasteiger partial charge is 0.0443 e. The lowest BCUT2D eigenvalue weighted by atomic mass is 9.91. The average Bonchev–Trinajstić information content (AvgIpc) is 2.49. The Hall–Kier alpha value is 0. The van der Waals surface area contributed by atoms with Gasteiger partial charge in [0.25, 0.3) is 0 Å². The molecule has 3 rings (SSSR count). The van der Waals surface area contributed by atoms with Gasteiger partial charge in [0.2, 0.25) is 0 Å². The van der Waals surface area contributed by atoms with E-state index in [4.69, 9.17) is 0 Å². The van der Waals surface area contributed by atoms with E-state index in [9.17, 15) is 0 Å². The number of hydrogen-bond acceptors (Lipinski definition) is 0. The summed E-state index contributed by atoms with van der Waals surface area (Å²) in [6, 6.07) is 0. The molecule has 0 heteroatoms. The topological polar surface area (TPSA) is 0 Å². The molecule has 0 aromatic heterocycles. The summed E-state index contributed by atoms with van der Waals surface area (Å²) in [6.45, 7) is 4.72. The quantitative estimate of drug-likeness (QED) is 0.422. The zero-order chi connectivity index (χ0) is 15.9. The molecule has 3 saturated carbocycles. The Morgan fingerprint density at radius 2 is 0.500 bits per heavy atom. The van der Waals surface area contributed by atoms with Gasteiger partial charge in [0.1, 0.15) is 0 Å². The van der Waals surface area contributed by atoms with Crippen LogP contribution in [0.25, 0.3) is 0 Å². The van der Waals surface area contributed by atoms with Crippen molar-refractivity contribution in [2.75, 3.05) is 0 Å². The third kappa shape index (κ3) is 12.5. The van der Waals surface area contributed by atoms with E-state index >= 15 is 0 Å². The van der Waals surface area contributed by atoms with E-state index in [1.54, 1.807) is 0 Å². The Labute approximate surface area is 141 Å². The van der Waals surface area contributed by atoms with Crippen LogP contribution in [-0.2, 0) is 0 Å². The number of rotatable bonds is 0. The molecule has 0 N–H and O–H groups in total. The second-order valence-corrected chi connectivity index (χ2v) is 8.31. The molecule has 0 bridgehead atoms. The molecule has 0 spiro atoms. The molecule has 0 unspecified atom stereocenters. The Morgan fingerprint density at radius 3 is 0.636 bits per heavy atom. The van der Waals surface area contributed by atoms with Crippen LogP contribution < -0.4 is 0 Å². The Morgan fingerprint density at radius 1 is 0.318 bits per heavy atom. The highest BCUT2D eigenvalue weighted by atomic mass is 14.1. The third-order valence-electron chi connectivity index (χ3n) is 5.79. The van der Waals surface area contributed by atoms with Crippen molar-refractivity contribution in [1.82, 2.24) is 0 Å². The van der Waals surface area contributed by atoms with E-state index in [0.29, 0.717) is 0 Å². The summed E-state index contributed by atoms with van der Waals surface area (Å²) < 4.78 is 0. The Bertz CT molecular complexity index is 168. The van der Waals surface area contributed by atoms with E-state index in [2.05, 4.69) is 13.8 Å². The molecule has 0 aliphatic heterocycles. The standard InChI is InChI=1S/C8H16.2C7H14/c1-2-4-6-8-7-5-3-1;2*1-7-5-3-2-4-6-7/h1-8H2;2*7H,2-6H2,1H3. The monoisotopic (exact) mass is 308 g/mol. The van der Waals surface area contributed by atoms with Crippen molar-refractivity contribution in [3.05, 3.63) is 0 Å². The average molecular weight is 309 g/mol. The van der Waals surface area contributed by atoms with E-state index in [0.717, 1.165) is 11.8 Å². The maximum Gasteiger partial charge on any atom is -0.0443 e. The van der Waals surface area contributed by atoms with Crippen molar-refractivity contribution in [2.45, 2.75) is 129 Å². The first-order valence-electron chi connectivity index (χ1n) is 10.8. The van der Waals surface area contributed by atoms with Crippen molar-refractivity contribution >= 4 is 0 Å². The minimum Gasteiger partial charge on any atom is -0.0625 e. The summed E-state index contributed by atoms with van der Waals surface area (Å²) in [5.74, 6) is 2.07. The van der Waals surface area contributed by atoms with E-state index in [1.807, 2.05) is 0 Å². The minimum atomic E-state index is 1.04. The van der Waals surface area contributed by atoms with E-state index < -0.39 is 0 Å². The molecular formula is C22H44. The van der Waals surface area contributed by atoms with Crippen molar-refractivity contribution in [3.8, 4) is 0 Å². The van der Waals surface area contributed by atoms with Crippen LogP contribution in [-0.4, -0.2) is 0 Å². The maximum absolute atomic E-state index is 2.36. The normalized spacial score (nSPS) is 24.8. The zero-order valence-electron chi connectivity index (χ0n) is 15.9. The first kappa shape index (κ1) is 20.0. The molecule has 0 nitrogen and oxygen atoms in total. The predicted octanol–water partition coefficient (Wildman–Crippen LogP) is 8.29. The van der Waals surface area contributed by atoms with Gasteiger partial charge < -0.3 is 0 Å². The fourth-order valence-electron chi connectivity index (χ4n) is 4.03. The zero-order valence-corrected chi connectivity index (χ0v) is 15.9. The Balaban J connectivity index is 0.000000166. The molecule has 0 aromatic carbocycles. The fourth-order valence-corrected chi connectivity index (χ4v) is 4.03. The highest BCUT2D eigenvalue weighted by molar-refractivity contribution is 4.60. The maximum atomic E-state index is 2.36. The molecule has 0 aromatic rings. The molecule has 3 aliphatic rings. The highest BCUT2D eigenvalue weighted by Gasteiger charge is 2.06. The summed E-state index contributed by atoms with van der Waals surface area (Å²) in [5, 5.41) is 0. The number of hydrogen-bond donors (Lipinski definition) is 0. The molecule has 0 atom stereocenters. The van der Waals surface area contributed by atoms with Gasteiger partial charge in [-0.3, -0.25) is 0 Å². The molecule has 0 saturated heterocycles. The van der Waals surface area contributed by atoms with Gasteiger partial charge >= 0.3 is 0 Å². The van der Waals surface area contributed by atoms with Crippen LogP contribution >= 0.6 is 0 Å². The van der Waals surface area contributed by atoms with Gasteiger partial charge in [-0.05, 0) is 11.8 Å². The van der Waals surface area contributed by atoms with Crippen LogP contribution in [0.15, 0.2) is 0 Å². The van der Waals surface area contributed by atoms with E-state index in [-0.39, 0.29) is 0 Å². The van der Waals surface area contributed by atoms with Crippen LogP contribution in [0.4, 0.5) is 0 Å². The van der Waals surface area contributed by atoms with Crippen molar-refractivity contribution in [2.24, 2.45) is 11.8 Å². The lowest BCUT2D eigenvalue weighted by molar-refractivity contribution is 0.385. The molecule has 22 heavy (non-hydrogen) atoms. The van der Waals surface area contributed by atoms with E-state index in [1.165, 1.54) is 116 Å². The Kier molecular flexibility index (Phi) is 13.3. The van der Waals surface area contributed by atoms with Crippen molar-refractivity contribution in [3.63, 3.8) is 0 Å². The summed E-state index contributed by atoms with van der Waals surface area (Å²) in [5.41, 5.74) is 0. The molecule has 0 amide bonds. The van der Waals surface area contributed by atoms with Gasteiger partial charge in [0.15, 0.2) is 0 Å². The summed E-state index contributed by atoms with van der Waals surface area (Å²) >= 11 is 0. The van der Waals surface area contributed by atoms with Gasteiger partial charge in [-0.1, -0.05) is 129 Å². The second kappa shape index (κ2) is 14.6. The second-order valence-electron chi connectivity index (χ2n) is 8.31. The van der Waals surface area contributed by atoms with Gasteiger partial charge in [0.05, 0.1) is 0 Å². The summed E-state index contributed by atoms with van der Waals surface area (Å²) in [4.78, 5) is 0. The van der Waals surface area contributed by atoms with Crippen LogP contribution in [0.3, 0.4) is 0 Å². The predicted molar refractivity (Wildman–Crippen MR) is 101 cm³/mol. The van der Waals surface area contributed by atoms with Crippen molar-refractivity contribution in [1.29, 1.82) is 0 Å². The largest absolute Gasteiger partial charge is 0.0625 e. The van der Waals surface area contributed by atoms with Gasteiger partial charge in [-0.25, -0.2) is 0 Å². The van der Waals surface area contributed by atoms with Crippen LogP contribution in [0, 0.1) is 11.8 Å². The molecule has 0 radical (unpaired) electrons. The van der Waals surface area contributed by atoms with Gasteiger partial charge in [0, 0.05) is 0 Å².